The monoisotopic (exact) mass is 993 g/mol. The Balaban J connectivity index is 0.819. The van der Waals surface area contributed by atoms with Crippen LogP contribution in [0.3, 0.4) is 0 Å². The first-order chi connectivity index (χ1) is 34.2. The van der Waals surface area contributed by atoms with Crippen LogP contribution in [0.1, 0.15) is 78.9 Å². The summed E-state index contributed by atoms with van der Waals surface area (Å²) in [6.07, 6.45) is 7.60. The zero-order valence-corrected chi connectivity index (χ0v) is 40.3. The lowest BCUT2D eigenvalue weighted by atomic mass is 9.59. The van der Waals surface area contributed by atoms with Gasteiger partial charge < -0.3 is 39.2 Å². The van der Waals surface area contributed by atoms with Gasteiger partial charge in [-0.25, -0.2) is 21.9 Å². The van der Waals surface area contributed by atoms with Crippen molar-refractivity contribution >= 4 is 55.4 Å². The van der Waals surface area contributed by atoms with Crippen LogP contribution in [0.15, 0.2) is 77.8 Å². The van der Waals surface area contributed by atoms with Crippen LogP contribution in [0.4, 0.5) is 37.2 Å². The van der Waals surface area contributed by atoms with Crippen molar-refractivity contribution in [1.82, 2.24) is 24.5 Å². The van der Waals surface area contributed by atoms with Crippen molar-refractivity contribution in [2.45, 2.75) is 99.4 Å². The van der Waals surface area contributed by atoms with Gasteiger partial charge in [-0.15, -0.1) is 0 Å². The summed E-state index contributed by atoms with van der Waals surface area (Å²) in [5.74, 6) is -3.41. The number of anilines is 4. The average molecular weight is 994 g/mol. The van der Waals surface area contributed by atoms with Gasteiger partial charge in [0.05, 0.1) is 46.4 Å². The molecule has 0 radical (unpaired) electrons. The number of aryl methyl sites for hydroxylation is 1. The van der Waals surface area contributed by atoms with Gasteiger partial charge in [-0.05, 0) is 98.9 Å². The fraction of sp³-hybridized carbons (Fsp3) is 0.490. The number of amides is 1. The predicted molar refractivity (Wildman–Crippen MR) is 262 cm³/mol. The minimum Gasteiger partial charge on any atom is -0.489 e. The van der Waals surface area contributed by atoms with Gasteiger partial charge in [0.15, 0.2) is 11.4 Å². The molecule has 0 unspecified atom stereocenters. The van der Waals surface area contributed by atoms with Gasteiger partial charge in [0.2, 0.25) is 5.88 Å². The van der Waals surface area contributed by atoms with E-state index in [4.69, 9.17) is 19.2 Å². The van der Waals surface area contributed by atoms with E-state index in [1.807, 2.05) is 34.1 Å². The summed E-state index contributed by atoms with van der Waals surface area (Å²) in [5, 5.41) is 16.4. The SMILES string of the molecule is Cc1ccccc1[C@@H]1CCCN1C1CC2(CCN(c3ccc(C(=O)NS(=O)(=O)c4cc5c(c([N+](=O)[O-])c4)N[C@H](CN4CCC(F)(F)CC4)CO5)c(N4c5cc6cc[nH]c6nc5O[C@@H]5COC[C@H]54)c3)CC2)C1. The molecule has 1 amide bonds. The van der Waals surface area contributed by atoms with Gasteiger partial charge >= 0.3 is 0 Å². The Hall–Kier alpha value is -6.09. The topological polar surface area (TPSA) is 188 Å². The number of aromatic amines is 1. The van der Waals surface area contributed by atoms with Crippen LogP contribution in [0.2, 0.25) is 0 Å². The number of carbonyl (C=O) groups excluding carboxylic acids is 1. The molecule has 6 aliphatic heterocycles. The third kappa shape index (κ3) is 8.49. The second kappa shape index (κ2) is 17.6. The van der Waals surface area contributed by atoms with Gasteiger partial charge in [0.25, 0.3) is 27.5 Å². The first kappa shape index (κ1) is 46.0. The Morgan fingerprint density at radius 1 is 0.958 bits per heavy atom. The number of carbonyl (C=O) groups is 1. The molecular weight excluding hydrogens is 937 g/mol. The molecule has 1 spiro atoms. The zero-order valence-electron chi connectivity index (χ0n) is 39.4. The van der Waals surface area contributed by atoms with Crippen LogP contribution in [0, 0.1) is 22.5 Å². The van der Waals surface area contributed by atoms with Crippen molar-refractivity contribution in [2.24, 2.45) is 5.41 Å². The number of ether oxygens (including phenoxy) is 3. The fourth-order valence-electron chi connectivity index (χ4n) is 12.5. The first-order valence-corrected chi connectivity index (χ1v) is 26.3. The minimum absolute atomic E-state index is 0.00543. The van der Waals surface area contributed by atoms with Crippen molar-refractivity contribution in [3.05, 3.63) is 99.7 Å². The number of pyridine rings is 1. The number of aromatic nitrogens is 2. The maximum atomic E-state index is 14.7. The van der Waals surface area contributed by atoms with E-state index in [1.165, 1.54) is 36.8 Å². The number of hydrogen-bond donors (Lipinski definition) is 3. The molecule has 5 aromatic rings. The molecule has 1 saturated carbocycles. The highest BCUT2D eigenvalue weighted by Gasteiger charge is 2.50. The highest BCUT2D eigenvalue weighted by atomic mass is 32.2. The molecule has 2 aromatic heterocycles. The van der Waals surface area contributed by atoms with Gasteiger partial charge in [-0.1, -0.05) is 24.3 Å². The van der Waals surface area contributed by atoms with Gasteiger partial charge in [-0.2, -0.15) is 4.98 Å². The number of halogens is 2. The van der Waals surface area contributed by atoms with Gasteiger partial charge in [0.1, 0.15) is 24.0 Å². The van der Waals surface area contributed by atoms with Crippen LogP contribution >= 0.6 is 0 Å². The number of nitro benzene ring substituents is 1. The number of likely N-dealkylation sites (tertiary alicyclic amines) is 2. The Bertz CT molecular complexity index is 3020. The van der Waals surface area contributed by atoms with Crippen molar-refractivity contribution in [1.29, 1.82) is 0 Å². The normalized spacial score (nSPS) is 25.1. The van der Waals surface area contributed by atoms with E-state index in [1.54, 1.807) is 12.3 Å². The lowest BCUT2D eigenvalue weighted by molar-refractivity contribution is -0.384. The number of rotatable bonds is 10. The summed E-state index contributed by atoms with van der Waals surface area (Å²) in [6, 6.07) is 20.3. The molecule has 20 heteroatoms. The Morgan fingerprint density at radius 3 is 2.55 bits per heavy atom. The van der Waals surface area contributed by atoms with Crippen molar-refractivity contribution < 1.29 is 41.1 Å². The van der Waals surface area contributed by atoms with E-state index < -0.39 is 55.5 Å². The molecule has 1 aliphatic carbocycles. The van der Waals surface area contributed by atoms with Crippen molar-refractivity contribution in [2.75, 3.05) is 74.2 Å². The highest BCUT2D eigenvalue weighted by molar-refractivity contribution is 7.90. The number of nitro groups is 1. The smallest absolute Gasteiger partial charge is 0.297 e. The molecule has 7 aliphatic rings. The quantitative estimate of drug-likeness (QED) is 0.0913. The van der Waals surface area contributed by atoms with E-state index in [0.29, 0.717) is 41.5 Å². The molecule has 12 rings (SSSR count). The Morgan fingerprint density at radius 2 is 1.76 bits per heavy atom. The summed E-state index contributed by atoms with van der Waals surface area (Å²) >= 11 is 0. The third-order valence-corrected chi connectivity index (χ3v) is 17.6. The number of hydrogen-bond acceptors (Lipinski definition) is 14. The molecule has 8 heterocycles. The van der Waals surface area contributed by atoms with Gasteiger partial charge in [-0.3, -0.25) is 19.8 Å². The van der Waals surface area contributed by atoms with E-state index in [0.717, 1.165) is 55.7 Å². The fourth-order valence-corrected chi connectivity index (χ4v) is 13.5. The second-order valence-electron chi connectivity index (χ2n) is 20.7. The van der Waals surface area contributed by atoms with E-state index >= 15 is 0 Å². The molecule has 4 atom stereocenters. The summed E-state index contributed by atoms with van der Waals surface area (Å²) in [5.41, 5.74) is 5.07. The number of benzene rings is 3. The summed E-state index contributed by atoms with van der Waals surface area (Å²) in [4.78, 5) is 42.8. The molecule has 0 bridgehead atoms. The lowest BCUT2D eigenvalue weighted by Crippen LogP contribution is -2.55. The number of H-pyrrole nitrogens is 1. The number of alkyl halides is 2. The van der Waals surface area contributed by atoms with Crippen LogP contribution in [0.5, 0.6) is 11.6 Å². The average Bonchev–Trinajstić information content (AvgIpc) is 4.14. The molecule has 71 heavy (non-hydrogen) atoms. The largest absolute Gasteiger partial charge is 0.489 e. The minimum atomic E-state index is -4.75. The maximum Gasteiger partial charge on any atom is 0.297 e. The number of fused-ring (bicyclic) bond motifs is 4. The predicted octanol–water partition coefficient (Wildman–Crippen LogP) is 7.69. The summed E-state index contributed by atoms with van der Waals surface area (Å²) in [7, 11) is -4.75. The number of nitrogens with zero attached hydrogens (tertiary/aromatic N) is 6. The van der Waals surface area contributed by atoms with Gasteiger partial charge in [0, 0.05) is 87.1 Å². The molecule has 374 valence electrons. The lowest BCUT2D eigenvalue weighted by Gasteiger charge is -2.56. The van der Waals surface area contributed by atoms with Crippen LogP contribution in [-0.4, -0.2) is 128 Å². The second-order valence-corrected chi connectivity index (χ2v) is 22.4. The van der Waals surface area contributed by atoms with Crippen LogP contribution in [0.25, 0.3) is 11.0 Å². The molecule has 4 saturated heterocycles. The number of sulfonamides is 1. The third-order valence-electron chi connectivity index (χ3n) is 16.3. The standard InChI is InChI=1S/C51H57F2N9O8S/c1-31-5-2-3-6-37(31)39-7-4-16-60(39)35-25-50(26-35)11-19-59(20-12-50)34-8-9-38(40(22-34)61-42-21-32-10-15-54-47(32)56-49(42)70-45-30-68-29-43(45)61)48(63)57-71(66,67)36-23-41(62(64)65)46-44(24-36)69-28-33(55-46)27-58-17-13-51(52,53)14-18-58/h2-3,5-6,8-10,15,21-24,33,35,39,43,45,55H,4,7,11-14,16-20,25-30H2,1H3,(H,54,56)(H,57,63)/t33-,39+,43-,45-/m1/s1. The molecule has 3 aromatic carbocycles. The maximum absolute atomic E-state index is 14.7. The van der Waals surface area contributed by atoms with E-state index in [9.17, 15) is 32.1 Å². The van der Waals surface area contributed by atoms with Crippen molar-refractivity contribution in [3.63, 3.8) is 0 Å². The first-order valence-electron chi connectivity index (χ1n) is 24.8. The molecular formula is C51H57F2N9O8S. The van der Waals surface area contributed by atoms with Crippen molar-refractivity contribution in [3.8, 4) is 11.6 Å². The Kier molecular flexibility index (Phi) is 11.4. The van der Waals surface area contributed by atoms with E-state index in [-0.39, 0.29) is 68.2 Å². The zero-order chi connectivity index (χ0) is 48.8. The Labute approximate surface area is 410 Å². The number of nitrogens with one attached hydrogen (secondary N) is 3. The van der Waals surface area contributed by atoms with E-state index in [2.05, 4.69) is 56.0 Å². The van der Waals surface area contributed by atoms with Crippen LogP contribution in [-0.2, 0) is 14.8 Å². The highest BCUT2D eigenvalue weighted by Crippen LogP contribution is 2.55. The van der Waals surface area contributed by atoms with Crippen LogP contribution < -0.4 is 29.3 Å². The molecule has 17 nitrogen and oxygen atoms in total. The number of piperidine rings is 2. The molecule has 5 fully saturated rings. The molecule has 3 N–H and O–H groups in total. The summed E-state index contributed by atoms with van der Waals surface area (Å²) < 4.78 is 76.8. The summed E-state index contributed by atoms with van der Waals surface area (Å²) in [6.45, 7) is 6.17.